The Labute approximate surface area is 192 Å². The van der Waals surface area contributed by atoms with Crippen LogP contribution < -0.4 is 10.2 Å². The number of pyridine rings is 2. The summed E-state index contributed by atoms with van der Waals surface area (Å²) >= 11 is 0. The number of carbonyl (C=O) groups excluding carboxylic acids is 1. The molecule has 8 nitrogen and oxygen atoms in total. The third kappa shape index (κ3) is 4.39. The molecule has 3 aromatic heterocycles. The average Bonchev–Trinajstić information content (AvgIpc) is 3.16. The first-order chi connectivity index (χ1) is 16.0. The summed E-state index contributed by atoms with van der Waals surface area (Å²) in [4.78, 5) is 28.0. The highest BCUT2D eigenvalue weighted by Gasteiger charge is 2.33. The molecule has 0 radical (unpaired) electrons. The summed E-state index contributed by atoms with van der Waals surface area (Å²) < 4.78 is 2.07. The summed E-state index contributed by atoms with van der Waals surface area (Å²) in [5.74, 6) is 0.836. The van der Waals surface area contributed by atoms with Crippen LogP contribution in [0.5, 0.6) is 0 Å². The second-order valence-corrected chi connectivity index (χ2v) is 8.76. The Morgan fingerprint density at radius 3 is 2.79 bits per heavy atom. The molecular weight excluding hydrogens is 416 g/mol. The van der Waals surface area contributed by atoms with Gasteiger partial charge < -0.3 is 19.9 Å². The maximum absolute atomic E-state index is 12.5. The van der Waals surface area contributed by atoms with Gasteiger partial charge in [-0.3, -0.25) is 14.8 Å². The minimum atomic E-state index is -0.898. The molecule has 1 saturated heterocycles. The Morgan fingerprint density at radius 1 is 1.12 bits per heavy atom. The second-order valence-electron chi connectivity index (χ2n) is 8.76. The van der Waals surface area contributed by atoms with E-state index in [1.807, 2.05) is 55.7 Å². The molecule has 8 heteroatoms. The standard InChI is InChI=1S/C25H28N6O2/c1-18-29-21-4-2-3-5-23(21)31(18)13-8-24(32)28-17-25(33)9-14-30(15-10-25)22-7-12-27-20-6-11-26-16-19(20)22/h2-7,11-12,16,33H,8-10,13-15,17H2,1H3,(H,28,32). The van der Waals surface area contributed by atoms with E-state index < -0.39 is 5.60 Å². The van der Waals surface area contributed by atoms with Gasteiger partial charge in [0.15, 0.2) is 0 Å². The van der Waals surface area contributed by atoms with Gasteiger partial charge >= 0.3 is 0 Å². The number of hydrogen-bond donors (Lipinski definition) is 2. The minimum Gasteiger partial charge on any atom is -0.388 e. The van der Waals surface area contributed by atoms with Crippen molar-refractivity contribution in [3.63, 3.8) is 0 Å². The van der Waals surface area contributed by atoms with Gasteiger partial charge in [0.25, 0.3) is 0 Å². The number of nitrogens with zero attached hydrogens (tertiary/aromatic N) is 5. The molecule has 1 fully saturated rings. The Hall–Kier alpha value is -3.52. The maximum Gasteiger partial charge on any atom is 0.221 e. The van der Waals surface area contributed by atoms with Gasteiger partial charge in [-0.25, -0.2) is 4.98 Å². The number of aryl methyl sites for hydroxylation is 2. The summed E-state index contributed by atoms with van der Waals surface area (Å²) in [6.45, 7) is 4.20. The van der Waals surface area contributed by atoms with Gasteiger partial charge in [-0.05, 0) is 44.0 Å². The van der Waals surface area contributed by atoms with Gasteiger partial charge in [0.05, 0.1) is 22.2 Å². The molecule has 4 aromatic rings. The van der Waals surface area contributed by atoms with E-state index in [1.165, 1.54) is 0 Å². The van der Waals surface area contributed by atoms with Crippen LogP contribution in [0, 0.1) is 6.92 Å². The van der Waals surface area contributed by atoms with Crippen molar-refractivity contribution in [3.8, 4) is 0 Å². The number of aliphatic hydroxyl groups is 1. The number of piperidine rings is 1. The predicted molar refractivity (Wildman–Crippen MR) is 128 cm³/mol. The average molecular weight is 445 g/mol. The number of amides is 1. The van der Waals surface area contributed by atoms with E-state index >= 15 is 0 Å². The molecule has 0 unspecified atom stereocenters. The molecule has 33 heavy (non-hydrogen) atoms. The Kier molecular flexibility index (Phi) is 5.68. The van der Waals surface area contributed by atoms with Gasteiger partial charge in [-0.15, -0.1) is 0 Å². The molecule has 5 rings (SSSR count). The van der Waals surface area contributed by atoms with Crippen LogP contribution in [0.15, 0.2) is 55.0 Å². The van der Waals surface area contributed by atoms with Crippen LogP contribution in [-0.4, -0.2) is 55.8 Å². The fourth-order valence-electron chi connectivity index (χ4n) is 4.63. The molecular formula is C25H28N6O2. The first kappa shape index (κ1) is 21.3. The second kappa shape index (κ2) is 8.78. The lowest BCUT2D eigenvalue weighted by Gasteiger charge is -2.39. The van der Waals surface area contributed by atoms with Gasteiger partial charge in [-0.2, -0.15) is 0 Å². The predicted octanol–water partition coefficient (Wildman–Crippen LogP) is 2.83. The fourth-order valence-corrected chi connectivity index (χ4v) is 4.63. The summed E-state index contributed by atoms with van der Waals surface area (Å²) in [5.41, 5.74) is 3.07. The van der Waals surface area contributed by atoms with Crippen molar-refractivity contribution in [2.75, 3.05) is 24.5 Å². The lowest BCUT2D eigenvalue weighted by molar-refractivity contribution is -0.122. The number of imidazole rings is 1. The Balaban J connectivity index is 1.15. The molecule has 0 bridgehead atoms. The highest BCUT2D eigenvalue weighted by atomic mass is 16.3. The molecule has 1 aliphatic rings. The van der Waals surface area contributed by atoms with E-state index in [4.69, 9.17) is 0 Å². The van der Waals surface area contributed by atoms with Crippen molar-refractivity contribution in [1.82, 2.24) is 24.8 Å². The zero-order valence-electron chi connectivity index (χ0n) is 18.7. The first-order valence-electron chi connectivity index (χ1n) is 11.4. The molecule has 2 N–H and O–H groups in total. The van der Waals surface area contributed by atoms with E-state index in [0.717, 1.165) is 33.4 Å². The Morgan fingerprint density at radius 2 is 1.94 bits per heavy atom. The third-order valence-electron chi connectivity index (χ3n) is 6.58. The first-order valence-corrected chi connectivity index (χ1v) is 11.4. The number of anilines is 1. The molecule has 0 spiro atoms. The highest BCUT2D eigenvalue weighted by Crippen LogP contribution is 2.30. The molecule has 0 aliphatic carbocycles. The lowest BCUT2D eigenvalue weighted by Crippen LogP contribution is -2.51. The summed E-state index contributed by atoms with van der Waals surface area (Å²) in [6.07, 6.45) is 6.91. The van der Waals surface area contributed by atoms with E-state index in [-0.39, 0.29) is 12.5 Å². The van der Waals surface area contributed by atoms with Crippen LogP contribution in [0.25, 0.3) is 21.9 Å². The van der Waals surface area contributed by atoms with Crippen LogP contribution in [0.1, 0.15) is 25.1 Å². The van der Waals surface area contributed by atoms with Crippen LogP contribution in [0.3, 0.4) is 0 Å². The molecule has 4 heterocycles. The van der Waals surface area contributed by atoms with Crippen LogP contribution in [0.4, 0.5) is 5.69 Å². The summed E-state index contributed by atoms with van der Waals surface area (Å²) in [7, 11) is 0. The van der Waals surface area contributed by atoms with Crippen molar-refractivity contribution in [1.29, 1.82) is 0 Å². The number of rotatable bonds is 6. The van der Waals surface area contributed by atoms with Gasteiger partial charge in [0.2, 0.25) is 5.91 Å². The van der Waals surface area contributed by atoms with Crippen molar-refractivity contribution >= 4 is 33.5 Å². The van der Waals surface area contributed by atoms with E-state index in [1.54, 1.807) is 6.20 Å². The SMILES string of the molecule is Cc1nc2ccccc2n1CCC(=O)NCC1(O)CCN(c2ccnc3ccncc23)CC1. The van der Waals surface area contributed by atoms with Crippen LogP contribution in [0.2, 0.25) is 0 Å². The molecule has 0 atom stereocenters. The zero-order valence-corrected chi connectivity index (χ0v) is 18.7. The zero-order chi connectivity index (χ0) is 22.8. The molecule has 0 saturated carbocycles. The number of para-hydroxylation sites is 2. The number of nitrogens with one attached hydrogen (secondary N) is 1. The number of aromatic nitrogens is 4. The van der Waals surface area contributed by atoms with Crippen LogP contribution in [-0.2, 0) is 11.3 Å². The normalized spacial score (nSPS) is 15.8. The number of benzene rings is 1. The third-order valence-corrected chi connectivity index (χ3v) is 6.58. The van der Waals surface area contributed by atoms with Crippen molar-refractivity contribution in [2.24, 2.45) is 0 Å². The van der Waals surface area contributed by atoms with E-state index in [9.17, 15) is 9.90 Å². The topological polar surface area (TPSA) is 96.2 Å². The molecule has 170 valence electrons. The maximum atomic E-state index is 12.5. The van der Waals surface area contributed by atoms with Gasteiger partial charge in [0, 0.05) is 62.3 Å². The summed E-state index contributed by atoms with van der Waals surface area (Å²) in [6, 6.07) is 11.8. The summed E-state index contributed by atoms with van der Waals surface area (Å²) in [5, 5.41) is 15.0. The quantitative estimate of drug-likeness (QED) is 0.475. The fraction of sp³-hybridized carbons (Fsp3) is 0.360. The van der Waals surface area contributed by atoms with Gasteiger partial charge in [-0.1, -0.05) is 12.1 Å². The highest BCUT2D eigenvalue weighted by molar-refractivity contribution is 5.90. The minimum absolute atomic E-state index is 0.0609. The number of carbonyl (C=O) groups is 1. The lowest BCUT2D eigenvalue weighted by atomic mass is 9.91. The van der Waals surface area contributed by atoms with Crippen molar-refractivity contribution in [3.05, 3.63) is 60.8 Å². The van der Waals surface area contributed by atoms with Crippen LogP contribution >= 0.6 is 0 Å². The Bertz CT molecular complexity index is 1290. The van der Waals surface area contributed by atoms with E-state index in [0.29, 0.717) is 38.9 Å². The molecule has 1 amide bonds. The number of hydrogen-bond acceptors (Lipinski definition) is 6. The number of fused-ring (bicyclic) bond motifs is 2. The molecule has 1 aliphatic heterocycles. The van der Waals surface area contributed by atoms with Crippen molar-refractivity contribution < 1.29 is 9.90 Å². The van der Waals surface area contributed by atoms with Gasteiger partial charge in [0.1, 0.15) is 5.82 Å². The monoisotopic (exact) mass is 444 g/mol. The van der Waals surface area contributed by atoms with E-state index in [2.05, 4.69) is 29.7 Å². The smallest absolute Gasteiger partial charge is 0.221 e. The van der Waals surface area contributed by atoms with Crippen molar-refractivity contribution in [2.45, 2.75) is 38.3 Å². The molecule has 1 aromatic carbocycles. The largest absolute Gasteiger partial charge is 0.388 e.